The monoisotopic (exact) mass is 440 g/mol. The van der Waals surface area contributed by atoms with Gasteiger partial charge in [-0.25, -0.2) is 25.5 Å². The molecule has 0 amide bonds. The fraction of sp³-hybridized carbons (Fsp3) is 0.0909. The van der Waals surface area contributed by atoms with Gasteiger partial charge in [-0.1, -0.05) is 66.7 Å². The van der Waals surface area contributed by atoms with Crippen LogP contribution in [0, 0.1) is 6.92 Å². The van der Waals surface area contributed by atoms with E-state index in [4.69, 9.17) is 0 Å². The first-order valence-electron chi connectivity index (χ1n) is 9.26. The largest absolute Gasteiger partial charge is 0.269 e. The van der Waals surface area contributed by atoms with Crippen molar-refractivity contribution in [2.24, 2.45) is 0 Å². The van der Waals surface area contributed by atoms with Crippen LogP contribution in [-0.4, -0.2) is 20.8 Å². The predicted molar refractivity (Wildman–Crippen MR) is 116 cm³/mol. The van der Waals surface area contributed by atoms with Gasteiger partial charge >= 0.3 is 0 Å². The van der Waals surface area contributed by atoms with E-state index in [1.165, 1.54) is 12.1 Å². The van der Waals surface area contributed by atoms with Crippen molar-refractivity contribution in [2.75, 3.05) is 0 Å². The molecule has 0 unspecified atom stereocenters. The zero-order chi connectivity index (χ0) is 21.4. The molecule has 0 aliphatic rings. The average Bonchev–Trinajstić information content (AvgIpc) is 3.08. The molecule has 0 radical (unpaired) electrons. The molecule has 4 rings (SSSR count). The molecule has 3 aromatic carbocycles. The number of hydrogen-bond acceptors (Lipinski definition) is 4. The Morgan fingerprint density at radius 2 is 1.33 bits per heavy atom. The van der Waals surface area contributed by atoms with Gasteiger partial charge in [0.15, 0.2) is 5.03 Å². The standard InChI is InChI=1S/C22H20N2O4S2/c1-17-20-14-8-9-15-21(20)24(30(27,28)19-12-6-3-7-13-19)22(17)29(25,26)23-16-18-10-4-2-5-11-18/h2-15,23H,16H2,1H3. The van der Waals surface area contributed by atoms with Gasteiger partial charge in [-0.3, -0.25) is 0 Å². The van der Waals surface area contributed by atoms with Crippen molar-refractivity contribution in [3.05, 3.63) is 96.1 Å². The minimum atomic E-state index is -4.14. The molecule has 1 N–H and O–H groups in total. The van der Waals surface area contributed by atoms with Crippen molar-refractivity contribution in [1.82, 2.24) is 8.69 Å². The van der Waals surface area contributed by atoms with Crippen molar-refractivity contribution in [3.8, 4) is 0 Å². The van der Waals surface area contributed by atoms with Gasteiger partial charge in [0.25, 0.3) is 20.0 Å². The second-order valence-electron chi connectivity index (χ2n) is 6.84. The summed E-state index contributed by atoms with van der Waals surface area (Å²) in [5.41, 5.74) is 1.47. The Labute approximate surface area is 175 Å². The van der Waals surface area contributed by atoms with Crippen LogP contribution >= 0.6 is 0 Å². The molecule has 8 heteroatoms. The summed E-state index contributed by atoms with van der Waals surface area (Å²) < 4.78 is 57.0. The first kappa shape index (κ1) is 20.3. The van der Waals surface area contributed by atoms with E-state index in [2.05, 4.69) is 4.72 Å². The number of hydrogen-bond donors (Lipinski definition) is 1. The first-order chi connectivity index (χ1) is 14.3. The van der Waals surface area contributed by atoms with Crippen molar-refractivity contribution >= 4 is 30.9 Å². The van der Waals surface area contributed by atoms with Crippen molar-refractivity contribution < 1.29 is 16.8 Å². The lowest BCUT2D eigenvalue weighted by Crippen LogP contribution is -2.28. The summed E-state index contributed by atoms with van der Waals surface area (Å²) in [5, 5.41) is 0.292. The molecule has 0 saturated heterocycles. The van der Waals surface area contributed by atoms with Gasteiger partial charge < -0.3 is 0 Å². The minimum absolute atomic E-state index is 0.0188. The average molecular weight is 441 g/mol. The minimum Gasteiger partial charge on any atom is -0.221 e. The highest BCUT2D eigenvalue weighted by Crippen LogP contribution is 2.32. The quantitative estimate of drug-likeness (QED) is 0.496. The molecule has 1 heterocycles. The van der Waals surface area contributed by atoms with E-state index in [0.29, 0.717) is 16.5 Å². The van der Waals surface area contributed by atoms with E-state index in [-0.39, 0.29) is 16.5 Å². The van der Waals surface area contributed by atoms with Crippen LogP contribution in [0.4, 0.5) is 0 Å². The normalized spacial score (nSPS) is 12.3. The molecule has 4 aromatic rings. The summed E-state index contributed by atoms with van der Waals surface area (Å²) in [4.78, 5) is 0.0188. The van der Waals surface area contributed by atoms with Gasteiger partial charge in [-0.05, 0) is 36.2 Å². The highest BCUT2D eigenvalue weighted by Gasteiger charge is 2.32. The van der Waals surface area contributed by atoms with Crippen LogP contribution in [0.15, 0.2) is 94.9 Å². The third-order valence-electron chi connectivity index (χ3n) is 4.88. The van der Waals surface area contributed by atoms with Crippen LogP contribution in [0.3, 0.4) is 0 Å². The Kier molecular flexibility index (Phi) is 5.23. The van der Waals surface area contributed by atoms with Crippen molar-refractivity contribution in [3.63, 3.8) is 0 Å². The lowest BCUT2D eigenvalue weighted by molar-refractivity contribution is 0.565. The molecule has 154 valence electrons. The van der Waals surface area contributed by atoms with Crippen molar-refractivity contribution in [1.29, 1.82) is 0 Å². The van der Waals surface area contributed by atoms with Crippen LogP contribution in [0.5, 0.6) is 0 Å². The van der Waals surface area contributed by atoms with Gasteiger partial charge in [-0.2, -0.15) is 0 Å². The molecule has 0 fully saturated rings. The first-order valence-corrected chi connectivity index (χ1v) is 12.2. The van der Waals surface area contributed by atoms with Gasteiger partial charge in [0.05, 0.1) is 10.4 Å². The van der Waals surface area contributed by atoms with Crippen LogP contribution < -0.4 is 4.72 Å². The Morgan fingerprint density at radius 1 is 0.767 bits per heavy atom. The third kappa shape index (κ3) is 3.54. The molecule has 6 nitrogen and oxygen atoms in total. The smallest absolute Gasteiger partial charge is 0.221 e. The summed E-state index contributed by atoms with van der Waals surface area (Å²) >= 11 is 0. The molecule has 0 saturated carbocycles. The fourth-order valence-corrected chi connectivity index (χ4v) is 6.83. The number of sulfonamides is 1. The molecular weight excluding hydrogens is 420 g/mol. The zero-order valence-corrected chi connectivity index (χ0v) is 17.8. The summed E-state index contributed by atoms with van der Waals surface area (Å²) in [7, 11) is -8.28. The maximum atomic E-state index is 13.5. The van der Waals surface area contributed by atoms with E-state index in [1.54, 1.807) is 61.5 Å². The summed E-state index contributed by atoms with van der Waals surface area (Å²) in [6.07, 6.45) is 0. The lowest BCUT2D eigenvalue weighted by atomic mass is 10.2. The van der Waals surface area contributed by atoms with Crippen LogP contribution in [0.25, 0.3) is 10.9 Å². The number of benzene rings is 3. The Balaban J connectivity index is 1.92. The number of aryl methyl sites for hydroxylation is 1. The highest BCUT2D eigenvalue weighted by molar-refractivity contribution is 7.92. The summed E-state index contributed by atoms with van der Waals surface area (Å²) in [6, 6.07) is 23.6. The van der Waals surface area contributed by atoms with Gasteiger partial charge in [-0.15, -0.1) is 0 Å². The van der Waals surface area contributed by atoms with Gasteiger partial charge in [0, 0.05) is 11.9 Å². The SMILES string of the molecule is Cc1c(S(=O)(=O)NCc2ccccc2)n(S(=O)(=O)c2ccccc2)c2ccccc12. The van der Waals surface area contributed by atoms with Crippen LogP contribution in [0.1, 0.15) is 11.1 Å². The van der Waals surface area contributed by atoms with E-state index in [9.17, 15) is 16.8 Å². The second-order valence-corrected chi connectivity index (χ2v) is 10.3. The fourth-order valence-electron chi connectivity index (χ4n) is 3.43. The summed E-state index contributed by atoms with van der Waals surface area (Å²) in [6.45, 7) is 1.67. The van der Waals surface area contributed by atoms with Crippen LogP contribution in [-0.2, 0) is 26.6 Å². The second kappa shape index (κ2) is 7.71. The van der Waals surface area contributed by atoms with E-state index >= 15 is 0 Å². The predicted octanol–water partition coefficient (Wildman–Crippen LogP) is 3.67. The lowest BCUT2D eigenvalue weighted by Gasteiger charge is -2.14. The molecule has 1 aromatic heterocycles. The molecule has 0 spiro atoms. The molecular formula is C22H20N2O4S2. The number of nitrogens with one attached hydrogen (secondary N) is 1. The Morgan fingerprint density at radius 3 is 2.00 bits per heavy atom. The molecule has 30 heavy (non-hydrogen) atoms. The van der Waals surface area contributed by atoms with Gasteiger partial charge in [0.1, 0.15) is 0 Å². The molecule has 0 atom stereocenters. The van der Waals surface area contributed by atoms with Gasteiger partial charge in [0.2, 0.25) is 0 Å². The number of fused-ring (bicyclic) bond motifs is 1. The van der Waals surface area contributed by atoms with E-state index in [1.807, 2.05) is 18.2 Å². The van der Waals surface area contributed by atoms with Crippen LogP contribution in [0.2, 0.25) is 0 Å². The Bertz CT molecular complexity index is 1410. The van der Waals surface area contributed by atoms with E-state index in [0.717, 1.165) is 9.54 Å². The van der Waals surface area contributed by atoms with Crippen molar-refractivity contribution in [2.45, 2.75) is 23.4 Å². The number of nitrogens with zero attached hydrogens (tertiary/aromatic N) is 1. The maximum absolute atomic E-state index is 13.5. The topological polar surface area (TPSA) is 85.2 Å². The zero-order valence-electron chi connectivity index (χ0n) is 16.2. The number of para-hydroxylation sites is 1. The number of aromatic nitrogens is 1. The molecule has 0 bridgehead atoms. The molecule has 0 aliphatic heterocycles. The third-order valence-corrected chi connectivity index (χ3v) is 8.24. The maximum Gasteiger partial charge on any atom is 0.269 e. The highest BCUT2D eigenvalue weighted by atomic mass is 32.2. The number of rotatable bonds is 6. The molecule has 0 aliphatic carbocycles. The Hall–Kier alpha value is -2.94. The summed E-state index contributed by atoms with van der Waals surface area (Å²) in [5.74, 6) is 0. The van der Waals surface area contributed by atoms with E-state index < -0.39 is 20.0 Å².